The van der Waals surface area contributed by atoms with E-state index in [1.165, 1.54) is 0 Å². The summed E-state index contributed by atoms with van der Waals surface area (Å²) in [7, 11) is 0. The van der Waals surface area contributed by atoms with Gasteiger partial charge in [0.15, 0.2) is 6.10 Å². The molecule has 4 nitrogen and oxygen atoms in total. The predicted molar refractivity (Wildman–Crippen MR) is 67.9 cm³/mol. The summed E-state index contributed by atoms with van der Waals surface area (Å²) in [6.07, 6.45) is 0.0231. The molecule has 1 aromatic carbocycles. The molecule has 0 bridgehead atoms. The molecule has 1 aliphatic heterocycles. The Morgan fingerprint density at radius 2 is 2.22 bits per heavy atom. The van der Waals surface area contributed by atoms with Crippen LogP contribution in [0.25, 0.3) is 0 Å². The van der Waals surface area contributed by atoms with Gasteiger partial charge in [-0.1, -0.05) is 15.9 Å². The molecular weight excluding hydrogens is 298 g/mol. The van der Waals surface area contributed by atoms with E-state index in [1.54, 1.807) is 24.3 Å². The lowest BCUT2D eigenvalue weighted by molar-refractivity contribution is 0.0277. The monoisotopic (exact) mass is 309 g/mol. The Bertz CT molecular complexity index is 460. The second-order valence-electron chi connectivity index (χ2n) is 4.09. The zero-order chi connectivity index (χ0) is 13.0. The van der Waals surface area contributed by atoms with Crippen molar-refractivity contribution in [3.05, 3.63) is 34.3 Å². The molecule has 0 unspecified atom stereocenters. The number of hydrogen-bond acceptors (Lipinski definition) is 4. The Balaban J connectivity index is 2.01. The van der Waals surface area contributed by atoms with Crippen LogP contribution in [0.3, 0.4) is 0 Å². The third-order valence-electron chi connectivity index (χ3n) is 2.83. The summed E-state index contributed by atoms with van der Waals surface area (Å²) >= 11 is 3.29. The molecule has 0 spiro atoms. The molecular formula is C13H12BrNO3. The molecule has 0 N–H and O–H groups in total. The van der Waals surface area contributed by atoms with E-state index >= 15 is 0 Å². The van der Waals surface area contributed by atoms with Crippen LogP contribution in [0.2, 0.25) is 0 Å². The van der Waals surface area contributed by atoms with E-state index in [4.69, 9.17) is 14.7 Å². The van der Waals surface area contributed by atoms with Gasteiger partial charge in [0.2, 0.25) is 0 Å². The normalized spacial score (nSPS) is 20.1. The summed E-state index contributed by atoms with van der Waals surface area (Å²) in [5.74, 6) is -0.490. The second kappa shape index (κ2) is 5.98. The molecule has 1 fully saturated rings. The number of rotatable bonds is 3. The van der Waals surface area contributed by atoms with Gasteiger partial charge in [0.25, 0.3) is 0 Å². The first-order chi connectivity index (χ1) is 8.70. The molecule has 2 rings (SSSR count). The Hall–Kier alpha value is -1.38. The molecule has 0 radical (unpaired) electrons. The van der Waals surface area contributed by atoms with Crippen molar-refractivity contribution in [2.75, 3.05) is 13.2 Å². The van der Waals surface area contributed by atoms with Gasteiger partial charge < -0.3 is 9.47 Å². The molecule has 5 heteroatoms. The zero-order valence-electron chi connectivity index (χ0n) is 9.64. The molecule has 0 aliphatic carbocycles. The van der Waals surface area contributed by atoms with Crippen LogP contribution in [0.5, 0.6) is 0 Å². The quantitative estimate of drug-likeness (QED) is 0.805. The second-order valence-corrected chi connectivity index (χ2v) is 5.00. The van der Waals surface area contributed by atoms with E-state index in [9.17, 15) is 4.79 Å². The van der Waals surface area contributed by atoms with E-state index in [0.717, 1.165) is 10.9 Å². The smallest absolute Gasteiger partial charge is 0.339 e. The largest absolute Gasteiger partial charge is 0.443 e. The minimum absolute atomic E-state index is 0.0191. The first-order valence-corrected chi connectivity index (χ1v) is 6.44. The van der Waals surface area contributed by atoms with Crippen molar-refractivity contribution in [2.24, 2.45) is 5.92 Å². The summed E-state index contributed by atoms with van der Waals surface area (Å²) < 4.78 is 11.3. The van der Waals surface area contributed by atoms with Gasteiger partial charge in [-0.05, 0) is 30.7 Å². The highest BCUT2D eigenvalue weighted by Gasteiger charge is 2.29. The average Bonchev–Trinajstić information content (AvgIpc) is 2.90. The standard InChI is InChI=1S/C13H12BrNO3/c14-11-3-1-9(2-4-11)13(16)18-12(7-15)10-5-6-17-8-10/h1-4,10,12H,5-6,8H2/t10-,12+/m0/s1. The van der Waals surface area contributed by atoms with Gasteiger partial charge in [0.05, 0.1) is 12.2 Å². The molecule has 0 amide bonds. The minimum atomic E-state index is -0.733. The first kappa shape index (κ1) is 13.1. The van der Waals surface area contributed by atoms with Crippen molar-refractivity contribution in [2.45, 2.75) is 12.5 Å². The number of benzene rings is 1. The van der Waals surface area contributed by atoms with E-state index in [2.05, 4.69) is 15.9 Å². The van der Waals surface area contributed by atoms with Gasteiger partial charge in [-0.15, -0.1) is 0 Å². The molecule has 18 heavy (non-hydrogen) atoms. The fraction of sp³-hybridized carbons (Fsp3) is 0.385. The minimum Gasteiger partial charge on any atom is -0.443 e. The molecule has 1 saturated heterocycles. The van der Waals surface area contributed by atoms with Crippen LogP contribution < -0.4 is 0 Å². The van der Waals surface area contributed by atoms with Crippen LogP contribution >= 0.6 is 15.9 Å². The van der Waals surface area contributed by atoms with E-state index in [0.29, 0.717) is 18.8 Å². The summed E-state index contributed by atoms with van der Waals surface area (Å²) in [4.78, 5) is 11.9. The molecule has 0 aromatic heterocycles. The number of hydrogen-bond donors (Lipinski definition) is 0. The number of carbonyl (C=O) groups excluding carboxylic acids is 1. The van der Waals surface area contributed by atoms with Crippen molar-refractivity contribution in [3.8, 4) is 6.07 Å². The van der Waals surface area contributed by atoms with Gasteiger partial charge in [0, 0.05) is 17.0 Å². The summed E-state index contributed by atoms with van der Waals surface area (Å²) in [5, 5.41) is 9.04. The Kier molecular flexibility index (Phi) is 4.34. The fourth-order valence-electron chi connectivity index (χ4n) is 1.79. The van der Waals surface area contributed by atoms with Crippen LogP contribution in [0.15, 0.2) is 28.7 Å². The van der Waals surface area contributed by atoms with E-state index in [1.807, 2.05) is 6.07 Å². The molecule has 1 aromatic rings. The number of nitriles is 1. The number of carbonyl (C=O) groups is 1. The van der Waals surface area contributed by atoms with Crippen molar-refractivity contribution < 1.29 is 14.3 Å². The first-order valence-electron chi connectivity index (χ1n) is 5.64. The highest BCUT2D eigenvalue weighted by molar-refractivity contribution is 9.10. The third-order valence-corrected chi connectivity index (χ3v) is 3.36. The maximum atomic E-state index is 11.9. The van der Waals surface area contributed by atoms with Crippen LogP contribution in [0, 0.1) is 17.2 Å². The van der Waals surface area contributed by atoms with Crippen LogP contribution in [0.4, 0.5) is 0 Å². The number of esters is 1. The van der Waals surface area contributed by atoms with Gasteiger partial charge in [-0.3, -0.25) is 0 Å². The van der Waals surface area contributed by atoms with E-state index < -0.39 is 12.1 Å². The fourth-order valence-corrected chi connectivity index (χ4v) is 2.05. The van der Waals surface area contributed by atoms with Crippen LogP contribution in [-0.4, -0.2) is 25.3 Å². The van der Waals surface area contributed by atoms with Gasteiger partial charge >= 0.3 is 5.97 Å². The average molecular weight is 310 g/mol. The Labute approximate surface area is 114 Å². The summed E-state index contributed by atoms with van der Waals surface area (Å²) in [6.45, 7) is 1.10. The molecule has 1 aliphatic rings. The van der Waals surface area contributed by atoms with Gasteiger partial charge in [0.1, 0.15) is 6.07 Å². The van der Waals surface area contributed by atoms with Crippen LogP contribution in [-0.2, 0) is 9.47 Å². The Morgan fingerprint density at radius 3 is 2.78 bits per heavy atom. The van der Waals surface area contributed by atoms with Crippen molar-refractivity contribution in [1.82, 2.24) is 0 Å². The number of ether oxygens (including phenoxy) is 2. The number of halogens is 1. The van der Waals surface area contributed by atoms with Gasteiger partial charge in [-0.2, -0.15) is 5.26 Å². The lowest BCUT2D eigenvalue weighted by atomic mass is 10.0. The lowest BCUT2D eigenvalue weighted by Gasteiger charge is -2.15. The SMILES string of the molecule is N#C[C@@H](OC(=O)c1ccc(Br)cc1)[C@H]1CCOC1. The van der Waals surface area contributed by atoms with Gasteiger partial charge in [-0.25, -0.2) is 4.79 Å². The molecule has 94 valence electrons. The van der Waals surface area contributed by atoms with E-state index in [-0.39, 0.29) is 5.92 Å². The molecule has 1 heterocycles. The lowest BCUT2D eigenvalue weighted by Crippen LogP contribution is -2.25. The molecule has 2 atom stereocenters. The van der Waals surface area contributed by atoms with Crippen molar-refractivity contribution >= 4 is 21.9 Å². The topological polar surface area (TPSA) is 59.3 Å². The highest BCUT2D eigenvalue weighted by Crippen LogP contribution is 2.20. The zero-order valence-corrected chi connectivity index (χ0v) is 11.2. The maximum Gasteiger partial charge on any atom is 0.339 e. The van der Waals surface area contributed by atoms with Crippen LogP contribution in [0.1, 0.15) is 16.8 Å². The summed E-state index contributed by atoms with van der Waals surface area (Å²) in [6, 6.07) is 8.86. The highest BCUT2D eigenvalue weighted by atomic mass is 79.9. The number of nitrogens with zero attached hydrogens (tertiary/aromatic N) is 1. The summed E-state index contributed by atoms with van der Waals surface area (Å²) in [5.41, 5.74) is 0.442. The third kappa shape index (κ3) is 3.09. The predicted octanol–water partition coefficient (Wildman–Crippen LogP) is 2.53. The molecule has 0 saturated carbocycles. The Morgan fingerprint density at radius 1 is 1.50 bits per heavy atom. The van der Waals surface area contributed by atoms with Crippen molar-refractivity contribution in [3.63, 3.8) is 0 Å². The van der Waals surface area contributed by atoms with Crippen molar-refractivity contribution in [1.29, 1.82) is 5.26 Å². The maximum absolute atomic E-state index is 11.9.